The van der Waals surface area contributed by atoms with Crippen molar-refractivity contribution in [2.24, 2.45) is 10.9 Å². The molecule has 0 bridgehead atoms. The summed E-state index contributed by atoms with van der Waals surface area (Å²) in [5, 5.41) is 8.92. The molecule has 0 spiro atoms. The van der Waals surface area contributed by atoms with Crippen LogP contribution in [0.5, 0.6) is 0 Å². The maximum absolute atomic E-state index is 12.7. The average Bonchev–Trinajstić information content (AvgIpc) is 2.62. The monoisotopic (exact) mass is 338 g/mol. The van der Waals surface area contributed by atoms with Gasteiger partial charge in [-0.1, -0.05) is 45.6 Å². The van der Waals surface area contributed by atoms with E-state index in [1.165, 1.54) is 6.08 Å². The molecule has 136 valence electrons. The van der Waals surface area contributed by atoms with Crippen molar-refractivity contribution in [3.8, 4) is 0 Å². The summed E-state index contributed by atoms with van der Waals surface area (Å²) in [7, 11) is 0. The van der Waals surface area contributed by atoms with Gasteiger partial charge in [0.15, 0.2) is 0 Å². The third-order valence-electron chi connectivity index (χ3n) is 3.29. The van der Waals surface area contributed by atoms with Gasteiger partial charge in [-0.25, -0.2) is 0 Å². The van der Waals surface area contributed by atoms with E-state index < -0.39 is 5.97 Å². The summed E-state index contributed by atoms with van der Waals surface area (Å²) >= 11 is 0. The molecule has 1 heterocycles. The first-order valence-electron chi connectivity index (χ1n) is 8.54. The lowest BCUT2D eigenvalue weighted by molar-refractivity contribution is 0.146. The number of ether oxygens (including phenoxy) is 1. The molecule has 4 nitrogen and oxygen atoms in total. The van der Waals surface area contributed by atoms with Crippen LogP contribution in [-0.2, 0) is 4.74 Å². The van der Waals surface area contributed by atoms with Gasteiger partial charge in [0.1, 0.15) is 12.4 Å². The molecule has 1 rings (SSSR count). The van der Waals surface area contributed by atoms with Crippen LogP contribution in [0.15, 0.2) is 53.8 Å². The van der Waals surface area contributed by atoms with Crippen LogP contribution < -0.4 is 0 Å². The molecule has 0 aromatic heterocycles. The number of nitrogens with zero attached hydrogens (tertiary/aromatic N) is 2. The molecule has 1 aliphatic heterocycles. The summed E-state index contributed by atoms with van der Waals surface area (Å²) in [6, 6.07) is 0. The Kier molecular flexibility index (Phi) is 13.8. The van der Waals surface area contributed by atoms with Gasteiger partial charge in [0.25, 0.3) is 0 Å². The summed E-state index contributed by atoms with van der Waals surface area (Å²) in [6.07, 6.45) is 10.5. The number of rotatable bonds is 10. The summed E-state index contributed by atoms with van der Waals surface area (Å²) in [6.45, 7) is 13.2. The third kappa shape index (κ3) is 10.1. The molecule has 0 amide bonds. The van der Waals surface area contributed by atoms with Crippen molar-refractivity contribution in [2.45, 2.75) is 20.8 Å². The van der Waals surface area contributed by atoms with Crippen molar-refractivity contribution in [3.63, 3.8) is 0 Å². The van der Waals surface area contributed by atoms with Crippen LogP contribution in [0.3, 0.4) is 0 Å². The van der Waals surface area contributed by atoms with E-state index >= 15 is 0 Å². The Labute approximate surface area is 145 Å². The van der Waals surface area contributed by atoms with E-state index in [4.69, 9.17) is 9.84 Å². The second-order valence-corrected chi connectivity index (χ2v) is 4.85. The van der Waals surface area contributed by atoms with Crippen LogP contribution in [0.4, 0.5) is 4.39 Å². The highest BCUT2D eigenvalue weighted by Crippen LogP contribution is 2.09. The van der Waals surface area contributed by atoms with Crippen LogP contribution in [0.1, 0.15) is 20.8 Å². The van der Waals surface area contributed by atoms with Crippen molar-refractivity contribution in [1.29, 1.82) is 0 Å². The van der Waals surface area contributed by atoms with Crippen molar-refractivity contribution in [1.82, 2.24) is 4.90 Å². The largest absolute Gasteiger partial charge is 0.492 e. The number of aliphatic hydroxyl groups is 1. The van der Waals surface area contributed by atoms with Gasteiger partial charge in [-0.05, 0) is 24.8 Å². The van der Waals surface area contributed by atoms with E-state index in [0.717, 1.165) is 13.1 Å². The molecule has 0 saturated heterocycles. The summed E-state index contributed by atoms with van der Waals surface area (Å²) in [5.74, 6) is 0.381. The fourth-order valence-electron chi connectivity index (χ4n) is 1.96. The molecule has 0 fully saturated rings. The summed E-state index contributed by atoms with van der Waals surface area (Å²) in [5.41, 5.74) is 0. The highest BCUT2D eigenvalue weighted by atomic mass is 19.1. The minimum atomic E-state index is -0.418. The van der Waals surface area contributed by atoms with Gasteiger partial charge in [0, 0.05) is 19.0 Å². The second-order valence-electron chi connectivity index (χ2n) is 4.85. The number of allylic oxidation sites excluding steroid dienone is 4. The Morgan fingerprint density at radius 3 is 2.79 bits per heavy atom. The van der Waals surface area contributed by atoms with Crippen molar-refractivity contribution >= 4 is 5.97 Å². The molecule has 1 N–H and O–H groups in total. The SMILES string of the molecule is C=C/C(=C\C=C\C1C=CC(F)=NC1)OCCN(CC)CCO.CC. The zero-order valence-electron chi connectivity index (χ0n) is 15.1. The van der Waals surface area contributed by atoms with E-state index in [9.17, 15) is 4.39 Å². The smallest absolute Gasteiger partial charge is 0.208 e. The summed E-state index contributed by atoms with van der Waals surface area (Å²) < 4.78 is 18.4. The van der Waals surface area contributed by atoms with Crippen molar-refractivity contribution in [3.05, 3.63) is 48.8 Å². The maximum Gasteiger partial charge on any atom is 0.208 e. The molecule has 0 aromatic rings. The van der Waals surface area contributed by atoms with Gasteiger partial charge >= 0.3 is 0 Å². The maximum atomic E-state index is 12.7. The standard InChI is InChI=1S/C17H25FN2O2.C2H6/c1-3-16(22-13-11-20(4-2)10-12-21)7-5-6-15-8-9-17(18)19-14-15;1-2/h3,5-9,15,21H,1,4,10-14H2,2H3;1-2H3/b6-5+,16-7+;. The van der Waals surface area contributed by atoms with E-state index in [1.807, 2.05) is 39.0 Å². The van der Waals surface area contributed by atoms with Crippen LogP contribution in [0.2, 0.25) is 0 Å². The molecule has 1 aliphatic rings. The first kappa shape index (κ1) is 22.3. The Balaban J connectivity index is 0.00000254. The molecular weight excluding hydrogens is 307 g/mol. The fourth-order valence-corrected chi connectivity index (χ4v) is 1.96. The number of dihydropyridines is 1. The lowest BCUT2D eigenvalue weighted by Crippen LogP contribution is -2.30. The van der Waals surface area contributed by atoms with Crippen LogP contribution in [0, 0.1) is 5.92 Å². The first-order chi connectivity index (χ1) is 11.7. The van der Waals surface area contributed by atoms with Gasteiger partial charge in [0.2, 0.25) is 5.97 Å². The molecule has 5 heteroatoms. The average molecular weight is 338 g/mol. The number of halogens is 1. The Morgan fingerprint density at radius 1 is 1.50 bits per heavy atom. The molecule has 0 radical (unpaired) electrons. The molecule has 0 aromatic carbocycles. The zero-order chi connectivity index (χ0) is 18.2. The highest BCUT2D eigenvalue weighted by Gasteiger charge is 2.05. The lowest BCUT2D eigenvalue weighted by Gasteiger charge is -2.19. The minimum Gasteiger partial charge on any atom is -0.492 e. The minimum absolute atomic E-state index is 0.113. The number of likely N-dealkylation sites (N-methyl/N-ethyl adjacent to an activating group) is 1. The summed E-state index contributed by atoms with van der Waals surface area (Å²) in [4.78, 5) is 5.85. The van der Waals surface area contributed by atoms with Crippen LogP contribution in [-0.4, -0.2) is 55.4 Å². The van der Waals surface area contributed by atoms with Crippen molar-refractivity contribution < 1.29 is 14.2 Å². The van der Waals surface area contributed by atoms with E-state index in [1.54, 1.807) is 12.2 Å². The lowest BCUT2D eigenvalue weighted by atomic mass is 10.1. The molecule has 1 atom stereocenters. The Hall–Kier alpha value is -1.72. The van der Waals surface area contributed by atoms with Gasteiger partial charge < -0.3 is 9.84 Å². The van der Waals surface area contributed by atoms with Crippen LogP contribution >= 0.6 is 0 Å². The first-order valence-corrected chi connectivity index (χ1v) is 8.54. The van der Waals surface area contributed by atoms with Crippen LogP contribution in [0.25, 0.3) is 0 Å². The van der Waals surface area contributed by atoms with Gasteiger partial charge in [-0.3, -0.25) is 9.89 Å². The molecule has 0 saturated carbocycles. The fraction of sp³-hybridized carbons (Fsp3) is 0.526. The van der Waals surface area contributed by atoms with E-state index in [-0.39, 0.29) is 12.5 Å². The van der Waals surface area contributed by atoms with E-state index in [2.05, 4.69) is 16.5 Å². The quantitative estimate of drug-likeness (QED) is 0.490. The number of aliphatic hydroxyl groups excluding tert-OH is 1. The zero-order valence-corrected chi connectivity index (χ0v) is 15.1. The topological polar surface area (TPSA) is 45.1 Å². The van der Waals surface area contributed by atoms with Gasteiger partial charge in [-0.15, -0.1) is 0 Å². The van der Waals surface area contributed by atoms with Gasteiger partial charge in [-0.2, -0.15) is 4.39 Å². The van der Waals surface area contributed by atoms with Gasteiger partial charge in [0.05, 0.1) is 13.2 Å². The molecule has 24 heavy (non-hydrogen) atoms. The number of hydrogen-bond donors (Lipinski definition) is 1. The molecule has 1 unspecified atom stereocenters. The molecular formula is C19H31FN2O2. The Bertz CT molecular complexity index is 456. The molecule has 0 aliphatic carbocycles. The van der Waals surface area contributed by atoms with E-state index in [0.29, 0.717) is 25.5 Å². The predicted octanol–water partition coefficient (Wildman–Crippen LogP) is 3.52. The third-order valence-corrected chi connectivity index (χ3v) is 3.29. The predicted molar refractivity (Wildman–Crippen MR) is 100.0 cm³/mol. The highest BCUT2D eigenvalue weighted by molar-refractivity contribution is 5.87. The Morgan fingerprint density at radius 2 is 2.25 bits per heavy atom. The second kappa shape index (κ2) is 14.8. The number of hydrogen-bond acceptors (Lipinski definition) is 4. The normalized spacial score (nSPS) is 17.5. The number of aliphatic imine (C=N–C) groups is 1. The van der Waals surface area contributed by atoms with Crippen molar-refractivity contribution in [2.75, 3.05) is 39.4 Å².